The van der Waals surface area contributed by atoms with Gasteiger partial charge in [0.15, 0.2) is 0 Å². The van der Waals surface area contributed by atoms with Gasteiger partial charge in [0.2, 0.25) is 6.71 Å². The summed E-state index contributed by atoms with van der Waals surface area (Å²) in [4.78, 5) is 4.76. The number of rotatable bonds is 10. The molecule has 6 nitrogen and oxygen atoms in total. The molecule has 0 bridgehead atoms. The van der Waals surface area contributed by atoms with Crippen LogP contribution in [-0.4, -0.2) is 11.3 Å². The van der Waals surface area contributed by atoms with Crippen molar-refractivity contribution < 1.29 is 0 Å². The molecule has 15 rings (SSSR count). The summed E-state index contributed by atoms with van der Waals surface area (Å²) < 4.78 is 2.38. The first-order chi connectivity index (χ1) is 43.5. The summed E-state index contributed by atoms with van der Waals surface area (Å²) in [6.07, 6.45) is 18.1. The molecule has 7 heteroatoms. The second-order valence-corrected chi connectivity index (χ2v) is 25.3. The van der Waals surface area contributed by atoms with Crippen molar-refractivity contribution in [2.45, 2.75) is 65.2 Å². The second-order valence-electron chi connectivity index (χ2n) is 25.3. The minimum Gasteiger partial charge on any atom is -0.311 e. The molecule has 0 radical (unpaired) electrons. The summed E-state index contributed by atoms with van der Waals surface area (Å²) in [6, 6.07) is 81.4. The maximum atomic E-state index is 10.9. The van der Waals surface area contributed by atoms with E-state index in [1.54, 1.807) is 0 Å². The van der Waals surface area contributed by atoms with Crippen molar-refractivity contribution in [1.29, 1.82) is 15.8 Å². The van der Waals surface area contributed by atoms with Crippen LogP contribution in [0.1, 0.15) is 91.5 Å². The molecule has 10 aromatic carbocycles. The van der Waals surface area contributed by atoms with Crippen molar-refractivity contribution in [1.82, 2.24) is 4.57 Å². The SMILES string of the molecule is CC1C=CC(N(C2=CCCC=C2)c2ccc(C#N)cc2-c2ccc3c(c2)Cc2cc(-c4cc(C#N)ccc4-n4c5ccccc5c5ccccc54)cc4c2B3c2ccc(-c3cc(C#N)cc(C(C)(C)C)c3N(c3ccccc3)c3ccccc3)cc2C4)=CC1. The zero-order valence-electron chi connectivity index (χ0n) is 50.5. The van der Waals surface area contributed by atoms with Crippen molar-refractivity contribution >= 4 is 67.7 Å². The Balaban J connectivity index is 0.958. The van der Waals surface area contributed by atoms with E-state index in [1.165, 1.54) is 49.4 Å². The van der Waals surface area contributed by atoms with Gasteiger partial charge in [0.05, 0.1) is 63.0 Å². The summed E-state index contributed by atoms with van der Waals surface area (Å²) >= 11 is 0. The number of benzene rings is 10. The van der Waals surface area contributed by atoms with E-state index in [9.17, 15) is 15.8 Å². The summed E-state index contributed by atoms with van der Waals surface area (Å²) in [7, 11) is 0. The van der Waals surface area contributed by atoms with Crippen LogP contribution < -0.4 is 26.2 Å². The second kappa shape index (κ2) is 22.1. The number of nitrogens with zero attached hydrogens (tertiary/aromatic N) is 6. The fraction of sp³-hybridized carbons (Fsp3) is 0.134. The van der Waals surface area contributed by atoms with Gasteiger partial charge in [-0.3, -0.25) is 0 Å². The van der Waals surface area contributed by atoms with Gasteiger partial charge in [-0.05, 0) is 185 Å². The Hall–Kier alpha value is -10.9. The van der Waals surface area contributed by atoms with E-state index >= 15 is 0 Å². The Bertz CT molecular complexity index is 4900. The van der Waals surface area contributed by atoms with Crippen LogP contribution in [0.2, 0.25) is 0 Å². The lowest BCUT2D eigenvalue weighted by Gasteiger charge is -2.36. The maximum Gasteiger partial charge on any atom is 0.242 e. The van der Waals surface area contributed by atoms with Crippen molar-refractivity contribution in [2.24, 2.45) is 5.92 Å². The van der Waals surface area contributed by atoms with E-state index < -0.39 is 0 Å². The molecule has 11 aromatic rings. The highest BCUT2D eigenvalue weighted by atomic mass is 15.2. The Morgan fingerprint density at radius 3 is 1.62 bits per heavy atom. The van der Waals surface area contributed by atoms with E-state index in [1.807, 2.05) is 12.1 Å². The first kappa shape index (κ1) is 54.7. The Morgan fingerprint density at radius 2 is 1.04 bits per heavy atom. The van der Waals surface area contributed by atoms with E-state index in [-0.39, 0.29) is 12.1 Å². The molecule has 0 saturated carbocycles. The number of fused-ring (bicyclic) bond motifs is 7. The van der Waals surface area contributed by atoms with Gasteiger partial charge in [-0.25, -0.2) is 0 Å². The third kappa shape index (κ3) is 9.57. The van der Waals surface area contributed by atoms with Crippen molar-refractivity contribution in [2.75, 3.05) is 9.80 Å². The van der Waals surface area contributed by atoms with Crippen molar-refractivity contribution in [3.8, 4) is 57.3 Å². The quantitative estimate of drug-likeness (QED) is 0.127. The molecule has 1 atom stereocenters. The smallest absolute Gasteiger partial charge is 0.242 e. The third-order valence-electron chi connectivity index (χ3n) is 18.6. The zero-order valence-corrected chi connectivity index (χ0v) is 50.5. The van der Waals surface area contributed by atoms with E-state index in [0.29, 0.717) is 35.4 Å². The van der Waals surface area contributed by atoms with Crippen molar-refractivity contribution in [3.63, 3.8) is 0 Å². The van der Waals surface area contributed by atoms with Crippen LogP contribution in [0.3, 0.4) is 0 Å². The Morgan fingerprint density at radius 1 is 0.494 bits per heavy atom. The highest BCUT2D eigenvalue weighted by molar-refractivity contribution is 6.97. The minimum absolute atomic E-state index is 0.0921. The first-order valence-corrected chi connectivity index (χ1v) is 31.1. The maximum absolute atomic E-state index is 10.9. The highest BCUT2D eigenvalue weighted by Gasteiger charge is 2.39. The van der Waals surface area contributed by atoms with Crippen LogP contribution in [0, 0.1) is 39.9 Å². The number of aromatic nitrogens is 1. The van der Waals surface area contributed by atoms with Gasteiger partial charge in [-0.15, -0.1) is 0 Å². The predicted molar refractivity (Wildman–Crippen MR) is 368 cm³/mol. The molecule has 1 aromatic heterocycles. The predicted octanol–water partition coefficient (Wildman–Crippen LogP) is 18.0. The van der Waals surface area contributed by atoms with Gasteiger partial charge in [0, 0.05) is 50.2 Å². The van der Waals surface area contributed by atoms with E-state index in [2.05, 4.69) is 291 Å². The monoisotopic (exact) mass is 1140 g/mol. The average Bonchev–Trinajstić information content (AvgIpc) is 1.32. The van der Waals surface area contributed by atoms with Gasteiger partial charge >= 0.3 is 0 Å². The number of allylic oxidation sites excluding steroid dienone is 6. The van der Waals surface area contributed by atoms with Crippen LogP contribution in [0.25, 0.3) is 60.9 Å². The van der Waals surface area contributed by atoms with Gasteiger partial charge in [-0.2, -0.15) is 15.8 Å². The lowest BCUT2D eigenvalue weighted by atomic mass is 9.30. The zero-order chi connectivity index (χ0) is 60.5. The topological polar surface area (TPSA) is 82.8 Å². The molecule has 1 unspecified atom stereocenters. The van der Waals surface area contributed by atoms with E-state index in [0.717, 1.165) is 109 Å². The van der Waals surface area contributed by atoms with E-state index in [4.69, 9.17) is 0 Å². The van der Waals surface area contributed by atoms with Crippen LogP contribution in [0.5, 0.6) is 0 Å². The van der Waals surface area contributed by atoms with Crippen molar-refractivity contribution in [3.05, 3.63) is 299 Å². The fourth-order valence-corrected chi connectivity index (χ4v) is 14.5. The fourth-order valence-electron chi connectivity index (χ4n) is 14.5. The average molecular weight is 1140 g/mol. The summed E-state index contributed by atoms with van der Waals surface area (Å²) in [5.41, 5.74) is 27.1. The minimum atomic E-state index is -0.341. The Kier molecular flexibility index (Phi) is 13.6. The molecule has 0 fully saturated rings. The molecule has 0 saturated heterocycles. The van der Waals surface area contributed by atoms with Crippen LogP contribution in [-0.2, 0) is 18.3 Å². The lowest BCUT2D eigenvalue weighted by molar-refractivity contribution is 0.591. The molecule has 2 aliphatic carbocycles. The molecule has 89 heavy (non-hydrogen) atoms. The molecular formula is C82H63BN6. The number of para-hydroxylation sites is 4. The largest absolute Gasteiger partial charge is 0.311 e. The van der Waals surface area contributed by atoms with Gasteiger partial charge in [0.25, 0.3) is 0 Å². The van der Waals surface area contributed by atoms with Gasteiger partial charge in [-0.1, -0.05) is 190 Å². The normalized spacial score (nSPS) is 14.6. The van der Waals surface area contributed by atoms with Gasteiger partial charge < -0.3 is 14.4 Å². The first-order valence-electron chi connectivity index (χ1n) is 31.1. The molecule has 2 aliphatic heterocycles. The van der Waals surface area contributed by atoms with Crippen LogP contribution in [0.15, 0.2) is 254 Å². The standard InChI is InChI=1S/C82H63BN6/c1-53-28-34-67(35-29-53)87(64-18-8-5-9-19-64)78-38-30-54(50-84)40-70(78)57-32-36-74-60(44-57)48-62-46-59(71-41-55(51-85)31-39-79(71)89-76-26-16-14-24-68(76)69-25-15-17-27-77(69)89)47-63-49-61-45-58(33-37-75(61)83(74)80(62)63)72-42-56(52-86)43-73(82(2,3)4)81(72)88(65-20-10-6-11-21-65)66-22-12-7-13-23-66/h6-8,10-28,30-47,53H,5,9,29,48-49H2,1-4H3. The van der Waals surface area contributed by atoms with Crippen LogP contribution >= 0.6 is 0 Å². The van der Waals surface area contributed by atoms with Gasteiger partial charge in [0.1, 0.15) is 0 Å². The number of nitriles is 3. The molecule has 3 heterocycles. The Labute approximate surface area is 521 Å². The molecular weight excluding hydrogens is 1080 g/mol. The summed E-state index contributed by atoms with van der Waals surface area (Å²) in [6.45, 7) is 8.89. The molecule has 0 spiro atoms. The third-order valence-corrected chi connectivity index (χ3v) is 18.6. The number of anilines is 4. The molecule has 0 N–H and O–H groups in total. The molecule has 4 aliphatic rings. The molecule has 424 valence electrons. The van der Waals surface area contributed by atoms with Crippen LogP contribution in [0.4, 0.5) is 22.7 Å². The number of hydrogen-bond donors (Lipinski definition) is 0. The number of hydrogen-bond acceptors (Lipinski definition) is 5. The highest BCUT2D eigenvalue weighted by Crippen LogP contribution is 2.48. The molecule has 0 amide bonds. The summed E-state index contributed by atoms with van der Waals surface area (Å²) in [5, 5.41) is 34.5. The lowest BCUT2D eigenvalue weighted by Crippen LogP contribution is -2.61. The summed E-state index contributed by atoms with van der Waals surface area (Å²) in [5.74, 6) is 0.451.